The van der Waals surface area contributed by atoms with Gasteiger partial charge in [-0.3, -0.25) is 0 Å². The fourth-order valence-corrected chi connectivity index (χ4v) is 2.33. The molecule has 0 fully saturated rings. The first kappa shape index (κ1) is 14.1. The summed E-state index contributed by atoms with van der Waals surface area (Å²) in [7, 11) is 1.66. The van der Waals surface area contributed by atoms with Crippen molar-refractivity contribution in [2.45, 2.75) is 6.04 Å². The van der Waals surface area contributed by atoms with Crippen LogP contribution >= 0.6 is 15.9 Å². The topological polar surface area (TPSA) is 12.0 Å². The molecule has 0 aromatic heterocycles. The third-order valence-corrected chi connectivity index (χ3v) is 3.45. The number of nitrogens with one attached hydrogen (secondary N) is 1. The number of hydrogen-bond donors (Lipinski definition) is 1. The lowest BCUT2D eigenvalue weighted by Crippen LogP contribution is -2.19. The second-order valence-corrected chi connectivity index (χ2v) is 4.92. The number of hydrogen-bond acceptors (Lipinski definition) is 1. The monoisotopic (exact) mass is 329 g/mol. The molecular formula is C14H11BrF3N. The molecule has 0 aliphatic heterocycles. The first-order valence-corrected chi connectivity index (χ1v) is 6.39. The summed E-state index contributed by atoms with van der Waals surface area (Å²) in [6, 6.07) is 7.36. The quantitative estimate of drug-likeness (QED) is 0.890. The van der Waals surface area contributed by atoms with E-state index in [1.54, 1.807) is 19.2 Å². The molecule has 0 aliphatic carbocycles. The molecule has 100 valence electrons. The molecule has 1 atom stereocenters. The van der Waals surface area contributed by atoms with Crippen molar-refractivity contribution >= 4 is 15.9 Å². The minimum Gasteiger partial charge on any atom is -0.309 e. The third-order valence-electron chi connectivity index (χ3n) is 2.84. The van der Waals surface area contributed by atoms with Crippen molar-refractivity contribution in [2.75, 3.05) is 7.05 Å². The molecule has 0 aliphatic rings. The van der Waals surface area contributed by atoms with Gasteiger partial charge in [-0.15, -0.1) is 0 Å². The van der Waals surface area contributed by atoms with Crippen LogP contribution in [-0.4, -0.2) is 7.05 Å². The Kier molecular flexibility index (Phi) is 4.27. The van der Waals surface area contributed by atoms with Crippen LogP contribution < -0.4 is 5.32 Å². The highest BCUT2D eigenvalue weighted by atomic mass is 79.9. The van der Waals surface area contributed by atoms with Gasteiger partial charge in [-0.05, 0) is 46.7 Å². The van der Waals surface area contributed by atoms with Gasteiger partial charge in [0.25, 0.3) is 0 Å². The Morgan fingerprint density at radius 2 is 1.74 bits per heavy atom. The van der Waals surface area contributed by atoms with Crippen molar-refractivity contribution in [2.24, 2.45) is 0 Å². The summed E-state index contributed by atoms with van der Waals surface area (Å²) in [4.78, 5) is 0. The van der Waals surface area contributed by atoms with Gasteiger partial charge in [0.05, 0.1) is 10.5 Å². The van der Waals surface area contributed by atoms with Crippen molar-refractivity contribution in [1.29, 1.82) is 0 Å². The molecule has 0 amide bonds. The molecule has 2 aromatic rings. The molecule has 0 radical (unpaired) electrons. The predicted molar refractivity (Wildman–Crippen MR) is 71.4 cm³/mol. The van der Waals surface area contributed by atoms with Crippen LogP contribution in [0.25, 0.3) is 0 Å². The molecule has 0 spiro atoms. The van der Waals surface area contributed by atoms with Crippen molar-refractivity contribution in [3.63, 3.8) is 0 Å². The molecule has 0 heterocycles. The third kappa shape index (κ3) is 2.98. The molecule has 2 aromatic carbocycles. The van der Waals surface area contributed by atoms with Crippen molar-refractivity contribution in [1.82, 2.24) is 5.32 Å². The largest absolute Gasteiger partial charge is 0.309 e. The predicted octanol–water partition coefficient (Wildman–Crippen LogP) is 4.18. The van der Waals surface area contributed by atoms with Crippen molar-refractivity contribution in [3.05, 3.63) is 69.4 Å². The summed E-state index contributed by atoms with van der Waals surface area (Å²) in [6.07, 6.45) is 0. The molecule has 1 nitrogen and oxygen atoms in total. The first-order chi connectivity index (χ1) is 9.02. The van der Waals surface area contributed by atoms with E-state index in [9.17, 15) is 13.2 Å². The fraction of sp³-hybridized carbons (Fsp3) is 0.143. The van der Waals surface area contributed by atoms with E-state index < -0.39 is 23.5 Å². The second-order valence-electron chi connectivity index (χ2n) is 4.06. The maximum atomic E-state index is 13.8. The number of benzene rings is 2. The highest BCUT2D eigenvalue weighted by Gasteiger charge is 2.17. The van der Waals surface area contributed by atoms with Crippen LogP contribution in [0.2, 0.25) is 0 Å². The van der Waals surface area contributed by atoms with E-state index in [1.807, 2.05) is 0 Å². The van der Waals surface area contributed by atoms with Gasteiger partial charge >= 0.3 is 0 Å². The molecule has 2 rings (SSSR count). The normalized spacial score (nSPS) is 12.5. The van der Waals surface area contributed by atoms with Gasteiger partial charge in [-0.1, -0.05) is 12.1 Å². The van der Waals surface area contributed by atoms with Gasteiger partial charge in [0.1, 0.15) is 17.5 Å². The van der Waals surface area contributed by atoms with E-state index in [2.05, 4.69) is 21.2 Å². The van der Waals surface area contributed by atoms with E-state index >= 15 is 0 Å². The Bertz CT molecular complexity index is 601. The minimum atomic E-state index is -0.639. The summed E-state index contributed by atoms with van der Waals surface area (Å²) in [5, 5.41) is 2.94. The van der Waals surface area contributed by atoms with E-state index in [-0.39, 0.29) is 0 Å². The zero-order chi connectivity index (χ0) is 14.0. The summed E-state index contributed by atoms with van der Waals surface area (Å²) in [5.41, 5.74) is 0.990. The van der Waals surface area contributed by atoms with Crippen molar-refractivity contribution in [3.8, 4) is 0 Å². The standard InChI is InChI=1S/C14H11BrF3N/c1-19-14(8-2-5-12(17)11(15)6-8)10-4-3-9(16)7-13(10)18/h2-7,14,19H,1H3. The lowest BCUT2D eigenvalue weighted by molar-refractivity contribution is 0.551. The highest BCUT2D eigenvalue weighted by Crippen LogP contribution is 2.27. The van der Waals surface area contributed by atoms with Crippen LogP contribution in [0.15, 0.2) is 40.9 Å². The highest BCUT2D eigenvalue weighted by molar-refractivity contribution is 9.10. The van der Waals surface area contributed by atoms with Crippen molar-refractivity contribution < 1.29 is 13.2 Å². The van der Waals surface area contributed by atoms with Gasteiger partial charge in [0.15, 0.2) is 0 Å². The van der Waals surface area contributed by atoms with E-state index in [0.29, 0.717) is 15.6 Å². The summed E-state index contributed by atoms with van der Waals surface area (Å²) < 4.78 is 40.2. The van der Waals surface area contributed by atoms with Crippen LogP contribution in [0.5, 0.6) is 0 Å². The molecule has 5 heteroatoms. The Morgan fingerprint density at radius 1 is 1.00 bits per heavy atom. The molecule has 19 heavy (non-hydrogen) atoms. The van der Waals surface area contributed by atoms with Crippen LogP contribution in [0, 0.1) is 17.5 Å². The summed E-state index contributed by atoms with van der Waals surface area (Å²) in [5.74, 6) is -1.66. The van der Waals surface area contributed by atoms with Crippen LogP contribution in [0.1, 0.15) is 17.2 Å². The second kappa shape index (κ2) is 5.75. The lowest BCUT2D eigenvalue weighted by Gasteiger charge is -2.18. The molecule has 1 N–H and O–H groups in total. The molecule has 0 saturated heterocycles. The minimum absolute atomic E-state index is 0.299. The SMILES string of the molecule is CNC(c1ccc(F)c(Br)c1)c1ccc(F)cc1F. The van der Waals surface area contributed by atoms with Gasteiger partial charge in [0.2, 0.25) is 0 Å². The summed E-state index contributed by atoms with van der Waals surface area (Å²) >= 11 is 3.09. The molecular weight excluding hydrogens is 319 g/mol. The van der Waals surface area contributed by atoms with Gasteiger partial charge in [0, 0.05) is 11.6 Å². The van der Waals surface area contributed by atoms with Crippen LogP contribution in [0.4, 0.5) is 13.2 Å². The van der Waals surface area contributed by atoms with E-state index in [4.69, 9.17) is 0 Å². The Labute approximate surface area is 117 Å². The maximum absolute atomic E-state index is 13.8. The number of halogens is 4. The smallest absolute Gasteiger partial charge is 0.137 e. The van der Waals surface area contributed by atoms with E-state index in [0.717, 1.165) is 6.07 Å². The zero-order valence-corrected chi connectivity index (χ0v) is 11.6. The average molecular weight is 330 g/mol. The fourth-order valence-electron chi connectivity index (χ4n) is 1.93. The lowest BCUT2D eigenvalue weighted by atomic mass is 9.98. The molecule has 1 unspecified atom stereocenters. The first-order valence-electron chi connectivity index (χ1n) is 5.60. The van der Waals surface area contributed by atoms with E-state index in [1.165, 1.54) is 18.2 Å². The Morgan fingerprint density at radius 3 is 2.32 bits per heavy atom. The maximum Gasteiger partial charge on any atom is 0.137 e. The average Bonchev–Trinajstić information content (AvgIpc) is 2.37. The zero-order valence-electron chi connectivity index (χ0n) is 10.1. The van der Waals surface area contributed by atoms with Crippen LogP contribution in [0.3, 0.4) is 0 Å². The number of rotatable bonds is 3. The summed E-state index contributed by atoms with van der Waals surface area (Å²) in [6.45, 7) is 0. The Balaban J connectivity index is 2.46. The molecule has 0 bridgehead atoms. The van der Waals surface area contributed by atoms with Gasteiger partial charge in [-0.25, -0.2) is 13.2 Å². The van der Waals surface area contributed by atoms with Gasteiger partial charge < -0.3 is 5.32 Å². The van der Waals surface area contributed by atoms with Gasteiger partial charge in [-0.2, -0.15) is 0 Å². The molecule has 0 saturated carbocycles. The van der Waals surface area contributed by atoms with Crippen LogP contribution in [-0.2, 0) is 0 Å². The Hall–Kier alpha value is -1.33.